The molecule has 8 nitrogen and oxygen atoms in total. The molecule has 3 rings (SSSR count). The zero-order valence-electron chi connectivity index (χ0n) is 20.7. The Kier molecular flexibility index (Phi) is 9.79. The van der Waals surface area contributed by atoms with Crippen molar-refractivity contribution in [1.29, 1.82) is 0 Å². The summed E-state index contributed by atoms with van der Waals surface area (Å²) in [6.45, 7) is 4.21. The quantitative estimate of drug-likeness (QED) is 0.275. The Labute approximate surface area is 219 Å². The molecule has 0 aliphatic rings. The lowest BCUT2D eigenvalue weighted by atomic mass is 10.1. The number of halogens is 2. The highest BCUT2D eigenvalue weighted by Gasteiger charge is 2.26. The highest BCUT2D eigenvalue weighted by atomic mass is 35.5. The van der Waals surface area contributed by atoms with Gasteiger partial charge < -0.3 is 25.2 Å². The highest BCUT2D eigenvalue weighted by Crippen LogP contribution is 2.28. The summed E-state index contributed by atoms with van der Waals surface area (Å²) in [7, 11) is 0. The van der Waals surface area contributed by atoms with Gasteiger partial charge >= 0.3 is 5.97 Å². The molecular weight excluding hydrogens is 501 g/mol. The largest absolute Gasteiger partial charge is 0.481 e. The lowest BCUT2D eigenvalue weighted by Gasteiger charge is -2.18. The Morgan fingerprint density at radius 3 is 2.43 bits per heavy atom. The standard InChI is InChI=1S/C27H31ClFN3O5/c1-16(2)24-25(27(37)30-15-17-4-3-5-19(28)12-17)32(11-10-21(33)13-22(34)14-23(35)36)26(31-24)18-6-8-20(29)9-7-18/h3-9,12,16,21-22,33-34H,10-11,13-15H2,1-2H3,(H,30,37)(H,35,36)/t21-,22-/m1/s1. The number of imidazole rings is 1. The van der Waals surface area contributed by atoms with E-state index in [1.807, 2.05) is 19.9 Å². The third kappa shape index (κ3) is 7.85. The van der Waals surface area contributed by atoms with E-state index in [2.05, 4.69) is 5.32 Å². The third-order valence-electron chi connectivity index (χ3n) is 5.84. The van der Waals surface area contributed by atoms with E-state index in [1.54, 1.807) is 34.9 Å². The molecule has 1 amide bonds. The van der Waals surface area contributed by atoms with E-state index >= 15 is 0 Å². The first-order chi connectivity index (χ1) is 17.5. The molecule has 10 heteroatoms. The molecule has 4 N–H and O–H groups in total. The van der Waals surface area contributed by atoms with Crippen LogP contribution in [0.25, 0.3) is 11.4 Å². The number of carboxylic acids is 1. The smallest absolute Gasteiger partial charge is 0.305 e. The Hall–Kier alpha value is -3.27. The molecule has 0 saturated carbocycles. The second-order valence-electron chi connectivity index (χ2n) is 9.22. The van der Waals surface area contributed by atoms with Crippen LogP contribution < -0.4 is 5.32 Å². The van der Waals surface area contributed by atoms with Gasteiger partial charge in [-0.2, -0.15) is 0 Å². The third-order valence-corrected chi connectivity index (χ3v) is 6.08. The van der Waals surface area contributed by atoms with Crippen molar-refractivity contribution in [3.8, 4) is 11.4 Å². The number of aromatic nitrogens is 2. The SMILES string of the molecule is CC(C)c1nc(-c2ccc(F)cc2)n(CC[C@@H](O)C[C@@H](O)CC(=O)O)c1C(=O)NCc1cccc(Cl)c1. The van der Waals surface area contributed by atoms with Crippen LogP contribution in [0.15, 0.2) is 48.5 Å². The number of carbonyl (C=O) groups is 2. The second-order valence-corrected chi connectivity index (χ2v) is 9.66. The second kappa shape index (κ2) is 12.8. The zero-order chi connectivity index (χ0) is 27.1. The summed E-state index contributed by atoms with van der Waals surface area (Å²) in [5.74, 6) is -1.61. The minimum absolute atomic E-state index is 0.116. The van der Waals surface area contributed by atoms with Crippen molar-refractivity contribution in [2.45, 2.75) is 64.3 Å². The molecule has 0 radical (unpaired) electrons. The summed E-state index contributed by atoms with van der Waals surface area (Å²) in [5, 5.41) is 32.7. The van der Waals surface area contributed by atoms with Crippen molar-refractivity contribution in [3.05, 3.63) is 76.3 Å². The number of hydrogen-bond donors (Lipinski definition) is 4. The lowest BCUT2D eigenvalue weighted by Crippen LogP contribution is -2.28. The van der Waals surface area contributed by atoms with Crippen molar-refractivity contribution >= 4 is 23.5 Å². The lowest BCUT2D eigenvalue weighted by molar-refractivity contribution is -0.139. The van der Waals surface area contributed by atoms with Crippen molar-refractivity contribution in [3.63, 3.8) is 0 Å². The van der Waals surface area contributed by atoms with Crippen LogP contribution in [0, 0.1) is 5.82 Å². The van der Waals surface area contributed by atoms with E-state index in [-0.39, 0.29) is 37.8 Å². The summed E-state index contributed by atoms with van der Waals surface area (Å²) in [5.41, 5.74) is 2.27. The molecule has 37 heavy (non-hydrogen) atoms. The van der Waals surface area contributed by atoms with E-state index in [0.29, 0.717) is 27.8 Å². The van der Waals surface area contributed by atoms with E-state index in [4.69, 9.17) is 21.7 Å². The number of aliphatic carboxylic acids is 1. The molecule has 1 aromatic heterocycles. The van der Waals surface area contributed by atoms with Crippen molar-refractivity contribution < 1.29 is 29.3 Å². The van der Waals surface area contributed by atoms with Gasteiger partial charge in [-0.1, -0.05) is 37.6 Å². The molecule has 2 atom stereocenters. The predicted octanol–water partition coefficient (Wildman–Crippen LogP) is 4.37. The Morgan fingerprint density at radius 1 is 1.11 bits per heavy atom. The molecule has 3 aromatic rings. The molecule has 1 heterocycles. The summed E-state index contributed by atoms with van der Waals surface area (Å²) >= 11 is 6.06. The number of carboxylic acid groups (broad SMARTS) is 1. The summed E-state index contributed by atoms with van der Waals surface area (Å²) in [6, 6.07) is 12.9. The van der Waals surface area contributed by atoms with Crippen LogP contribution in [0.5, 0.6) is 0 Å². The Bertz CT molecular complexity index is 1230. The first-order valence-corrected chi connectivity index (χ1v) is 12.4. The number of hydrogen-bond acceptors (Lipinski definition) is 5. The number of aliphatic hydroxyl groups excluding tert-OH is 2. The van der Waals surface area contributed by atoms with E-state index < -0.39 is 30.4 Å². The fraction of sp³-hybridized carbons (Fsp3) is 0.370. The molecule has 0 spiro atoms. The number of rotatable bonds is 12. The van der Waals surface area contributed by atoms with E-state index in [1.165, 1.54) is 12.1 Å². The van der Waals surface area contributed by atoms with Crippen LogP contribution in [0.1, 0.15) is 60.8 Å². The average molecular weight is 532 g/mol. The molecule has 0 fully saturated rings. The van der Waals surface area contributed by atoms with Crippen LogP contribution in [0.3, 0.4) is 0 Å². The van der Waals surface area contributed by atoms with Crippen LogP contribution in [0.2, 0.25) is 5.02 Å². The fourth-order valence-corrected chi connectivity index (χ4v) is 4.27. The van der Waals surface area contributed by atoms with Gasteiger partial charge in [0.05, 0.1) is 24.3 Å². The monoisotopic (exact) mass is 531 g/mol. The maximum Gasteiger partial charge on any atom is 0.305 e. The van der Waals surface area contributed by atoms with E-state index in [0.717, 1.165) is 5.56 Å². The van der Waals surface area contributed by atoms with Gasteiger partial charge in [-0.25, -0.2) is 9.37 Å². The van der Waals surface area contributed by atoms with Crippen molar-refractivity contribution in [2.75, 3.05) is 0 Å². The van der Waals surface area contributed by atoms with Gasteiger partial charge in [-0.05, 0) is 60.7 Å². The van der Waals surface area contributed by atoms with Gasteiger partial charge in [0.1, 0.15) is 17.3 Å². The minimum Gasteiger partial charge on any atom is -0.481 e. The zero-order valence-corrected chi connectivity index (χ0v) is 21.5. The molecular formula is C27H31ClFN3O5. The molecule has 2 aromatic carbocycles. The molecule has 0 aliphatic heterocycles. The predicted molar refractivity (Wildman–Crippen MR) is 138 cm³/mol. The Morgan fingerprint density at radius 2 is 1.81 bits per heavy atom. The topological polar surface area (TPSA) is 125 Å². The molecule has 0 saturated heterocycles. The summed E-state index contributed by atoms with van der Waals surface area (Å²) < 4.78 is 15.3. The molecule has 0 unspecified atom stereocenters. The first kappa shape index (κ1) is 28.3. The number of benzene rings is 2. The number of nitrogens with zero attached hydrogens (tertiary/aromatic N) is 2. The van der Waals surface area contributed by atoms with Crippen LogP contribution in [-0.4, -0.2) is 49.0 Å². The Balaban J connectivity index is 1.93. The maximum absolute atomic E-state index is 13.6. The number of nitrogens with one attached hydrogen (secondary N) is 1. The van der Waals surface area contributed by atoms with Gasteiger partial charge in [0.15, 0.2) is 0 Å². The summed E-state index contributed by atoms with van der Waals surface area (Å²) in [6.07, 6.45) is -2.67. The summed E-state index contributed by atoms with van der Waals surface area (Å²) in [4.78, 5) is 29.0. The number of amides is 1. The minimum atomic E-state index is -1.20. The van der Waals surface area contributed by atoms with Gasteiger partial charge in [-0.15, -0.1) is 0 Å². The maximum atomic E-state index is 13.6. The number of aliphatic hydroxyl groups is 2. The van der Waals surface area contributed by atoms with Crippen LogP contribution in [-0.2, 0) is 17.9 Å². The van der Waals surface area contributed by atoms with E-state index in [9.17, 15) is 24.2 Å². The molecule has 198 valence electrons. The van der Waals surface area contributed by atoms with Crippen molar-refractivity contribution in [2.24, 2.45) is 0 Å². The first-order valence-electron chi connectivity index (χ1n) is 12.0. The highest BCUT2D eigenvalue weighted by molar-refractivity contribution is 6.30. The van der Waals surface area contributed by atoms with Gasteiger partial charge in [-0.3, -0.25) is 9.59 Å². The fourth-order valence-electron chi connectivity index (χ4n) is 4.06. The van der Waals surface area contributed by atoms with Crippen LogP contribution >= 0.6 is 11.6 Å². The normalized spacial score (nSPS) is 12.9. The average Bonchev–Trinajstić information content (AvgIpc) is 3.21. The molecule has 0 bridgehead atoms. The number of carbonyl (C=O) groups excluding carboxylic acids is 1. The van der Waals surface area contributed by atoms with Gasteiger partial charge in [0.25, 0.3) is 5.91 Å². The van der Waals surface area contributed by atoms with Gasteiger partial charge in [0.2, 0.25) is 0 Å². The van der Waals surface area contributed by atoms with Gasteiger partial charge in [0, 0.05) is 23.7 Å². The van der Waals surface area contributed by atoms with Crippen molar-refractivity contribution in [1.82, 2.24) is 14.9 Å². The molecule has 0 aliphatic carbocycles. The van der Waals surface area contributed by atoms with Crippen LogP contribution in [0.4, 0.5) is 4.39 Å².